The van der Waals surface area contributed by atoms with Crippen LogP contribution < -0.4 is 10.9 Å². The lowest BCUT2D eigenvalue weighted by Gasteiger charge is -2.34. The summed E-state index contributed by atoms with van der Waals surface area (Å²) < 4.78 is 32.6. The van der Waals surface area contributed by atoms with E-state index < -0.39 is 20.7 Å². The number of aliphatic hydroxyl groups is 1. The van der Waals surface area contributed by atoms with E-state index in [4.69, 9.17) is 9.84 Å². The number of sulfone groups is 1. The third-order valence-corrected chi connectivity index (χ3v) is 10.7. The smallest absolute Gasteiger partial charge is 0.261 e. The van der Waals surface area contributed by atoms with Crippen LogP contribution in [0.25, 0.3) is 10.9 Å². The number of ether oxygens (including phenoxy) is 1. The summed E-state index contributed by atoms with van der Waals surface area (Å²) >= 11 is 0. The van der Waals surface area contributed by atoms with Crippen molar-refractivity contribution >= 4 is 32.2 Å². The molecule has 0 radical (unpaired) electrons. The van der Waals surface area contributed by atoms with Crippen LogP contribution >= 0.6 is 0 Å². The van der Waals surface area contributed by atoms with E-state index in [1.54, 1.807) is 29.1 Å². The molecule has 36 heavy (non-hydrogen) atoms. The standard InChI is InChI=1S/C25H27N5O5S/c26-14-15-3-1-2-4-18(15)30-19-7-10-27-24(32)21(19)23(29-30)28-16-5-6-20-17(13-16)22(31)25(36(20,33)34)8-11-35-12-9-25/h5-7,10,13,15,18,22,31H,1-4,8-9,11-12H2,(H,27,32)(H,28,29). The van der Waals surface area contributed by atoms with Gasteiger partial charge in [0.05, 0.1) is 28.4 Å². The molecule has 3 aliphatic rings. The van der Waals surface area contributed by atoms with Crippen LogP contribution in [0.15, 0.2) is 40.2 Å². The third-order valence-electron chi connectivity index (χ3n) is 8.07. The number of nitrogens with one attached hydrogen (secondary N) is 2. The van der Waals surface area contributed by atoms with Gasteiger partial charge in [0.15, 0.2) is 15.7 Å². The van der Waals surface area contributed by atoms with E-state index in [1.165, 1.54) is 6.07 Å². The van der Waals surface area contributed by atoms with Crippen molar-refractivity contribution in [2.45, 2.75) is 60.3 Å². The van der Waals surface area contributed by atoms with Crippen molar-refractivity contribution in [2.24, 2.45) is 5.92 Å². The molecule has 2 aromatic heterocycles. The molecular weight excluding hydrogens is 482 g/mol. The number of aromatic nitrogens is 3. The summed E-state index contributed by atoms with van der Waals surface area (Å²) in [7, 11) is -3.73. The largest absolute Gasteiger partial charge is 0.387 e. The van der Waals surface area contributed by atoms with Crippen molar-refractivity contribution in [1.29, 1.82) is 5.26 Å². The zero-order chi connectivity index (χ0) is 25.1. The highest BCUT2D eigenvalue weighted by Crippen LogP contribution is 2.52. The van der Waals surface area contributed by atoms with Gasteiger partial charge in [0.2, 0.25) is 0 Å². The minimum Gasteiger partial charge on any atom is -0.387 e. The van der Waals surface area contributed by atoms with E-state index in [0.29, 0.717) is 28.0 Å². The molecule has 1 aromatic carbocycles. The van der Waals surface area contributed by atoms with Crippen LogP contribution in [0.1, 0.15) is 56.2 Å². The SMILES string of the molecule is N#CC1CCCCC1n1nc(Nc2ccc3c(c2)C(O)C2(CCOCC2)S3(=O)=O)c2c(=O)[nH]ccc21. The van der Waals surface area contributed by atoms with Gasteiger partial charge in [0, 0.05) is 30.7 Å². The van der Waals surface area contributed by atoms with Gasteiger partial charge in [-0.3, -0.25) is 9.48 Å². The topological polar surface area (TPSA) is 150 Å². The Hall–Kier alpha value is -3.20. The Morgan fingerprint density at radius 1 is 1.22 bits per heavy atom. The molecule has 1 saturated heterocycles. The number of H-pyrrole nitrogens is 1. The number of nitriles is 1. The quantitative estimate of drug-likeness (QED) is 0.487. The molecule has 2 fully saturated rings. The Morgan fingerprint density at radius 3 is 2.78 bits per heavy atom. The summed E-state index contributed by atoms with van der Waals surface area (Å²) in [6.07, 6.45) is 4.45. The molecule has 0 amide bonds. The zero-order valence-corrected chi connectivity index (χ0v) is 20.4. The molecule has 6 rings (SSSR count). The lowest BCUT2D eigenvalue weighted by molar-refractivity contribution is 0.0242. The lowest BCUT2D eigenvalue weighted by Crippen LogP contribution is -2.44. The van der Waals surface area contributed by atoms with Crippen LogP contribution in [0.3, 0.4) is 0 Å². The van der Waals surface area contributed by atoms with E-state index >= 15 is 0 Å². The molecule has 3 aromatic rings. The van der Waals surface area contributed by atoms with Crippen LogP contribution in [0.4, 0.5) is 11.5 Å². The van der Waals surface area contributed by atoms with Crippen LogP contribution in [0.5, 0.6) is 0 Å². The van der Waals surface area contributed by atoms with E-state index in [9.17, 15) is 23.6 Å². The van der Waals surface area contributed by atoms with Crippen molar-refractivity contribution in [3.05, 3.63) is 46.4 Å². The normalized spacial score (nSPS) is 26.5. The minimum absolute atomic E-state index is 0.134. The Balaban J connectivity index is 1.41. The monoisotopic (exact) mass is 509 g/mol. The van der Waals surface area contributed by atoms with Crippen molar-refractivity contribution in [2.75, 3.05) is 18.5 Å². The first-order valence-electron chi connectivity index (χ1n) is 12.3. The molecule has 4 heterocycles. The Labute approximate surface area is 207 Å². The highest BCUT2D eigenvalue weighted by molar-refractivity contribution is 7.93. The number of rotatable bonds is 3. The molecule has 1 saturated carbocycles. The zero-order valence-electron chi connectivity index (χ0n) is 19.6. The Kier molecular flexibility index (Phi) is 5.44. The fraction of sp³-hybridized carbons (Fsp3) is 0.480. The van der Waals surface area contributed by atoms with Gasteiger partial charge in [-0.2, -0.15) is 10.4 Å². The first-order valence-corrected chi connectivity index (χ1v) is 13.8. The van der Waals surface area contributed by atoms with Gasteiger partial charge in [-0.05, 0) is 49.9 Å². The fourth-order valence-electron chi connectivity index (χ4n) is 6.12. The molecular formula is C25H27N5O5S. The number of benzene rings is 1. The van der Waals surface area contributed by atoms with Crippen LogP contribution in [0.2, 0.25) is 0 Å². The molecule has 3 unspecified atom stereocenters. The van der Waals surface area contributed by atoms with E-state index in [2.05, 4.69) is 16.4 Å². The molecule has 11 heteroatoms. The summed E-state index contributed by atoms with van der Waals surface area (Å²) in [6, 6.07) is 8.81. The summed E-state index contributed by atoms with van der Waals surface area (Å²) in [5.74, 6) is 0.134. The highest BCUT2D eigenvalue weighted by Gasteiger charge is 2.58. The van der Waals surface area contributed by atoms with Crippen molar-refractivity contribution in [3.63, 3.8) is 0 Å². The average molecular weight is 510 g/mol. The molecule has 3 atom stereocenters. The number of hydrogen-bond acceptors (Lipinski definition) is 8. The second kappa shape index (κ2) is 8.44. The first-order chi connectivity index (χ1) is 17.4. The predicted octanol–water partition coefficient (Wildman–Crippen LogP) is 3.09. The van der Waals surface area contributed by atoms with Crippen LogP contribution in [-0.4, -0.2) is 46.2 Å². The van der Waals surface area contributed by atoms with Gasteiger partial charge < -0.3 is 20.1 Å². The van der Waals surface area contributed by atoms with Crippen molar-refractivity contribution < 1.29 is 18.3 Å². The molecule has 3 N–H and O–H groups in total. The van der Waals surface area contributed by atoms with E-state index in [-0.39, 0.29) is 48.5 Å². The number of hydrogen-bond donors (Lipinski definition) is 3. The van der Waals surface area contributed by atoms with E-state index in [1.807, 2.05) is 0 Å². The number of nitrogens with zero attached hydrogens (tertiary/aromatic N) is 3. The molecule has 188 valence electrons. The van der Waals surface area contributed by atoms with Crippen molar-refractivity contribution in [3.8, 4) is 6.07 Å². The maximum absolute atomic E-state index is 13.4. The van der Waals surface area contributed by atoms with Gasteiger partial charge in [-0.1, -0.05) is 12.8 Å². The highest BCUT2D eigenvalue weighted by atomic mass is 32.2. The number of fused-ring (bicyclic) bond motifs is 2. The summed E-state index contributed by atoms with van der Waals surface area (Å²) in [4.78, 5) is 15.6. The van der Waals surface area contributed by atoms with Gasteiger partial charge in [0.1, 0.15) is 16.2 Å². The average Bonchev–Trinajstić information content (AvgIpc) is 3.33. The fourth-order valence-corrected chi connectivity index (χ4v) is 8.42. The third kappa shape index (κ3) is 3.25. The second-order valence-electron chi connectivity index (χ2n) is 9.91. The number of anilines is 2. The van der Waals surface area contributed by atoms with E-state index in [0.717, 1.165) is 25.7 Å². The maximum atomic E-state index is 13.4. The Morgan fingerprint density at radius 2 is 2.00 bits per heavy atom. The lowest BCUT2D eigenvalue weighted by atomic mass is 9.85. The Bertz CT molecular complexity index is 1550. The summed E-state index contributed by atoms with van der Waals surface area (Å²) in [6.45, 7) is 0.568. The first kappa shape index (κ1) is 23.2. The van der Waals surface area contributed by atoms with Crippen LogP contribution in [-0.2, 0) is 14.6 Å². The molecule has 2 aliphatic heterocycles. The molecule has 1 aliphatic carbocycles. The summed E-state index contributed by atoms with van der Waals surface area (Å²) in [5.41, 5.74) is 1.19. The number of aromatic amines is 1. The second-order valence-corrected chi connectivity index (χ2v) is 12.2. The molecule has 1 spiro atoms. The minimum atomic E-state index is -3.73. The van der Waals surface area contributed by atoms with Crippen molar-refractivity contribution in [1.82, 2.24) is 14.8 Å². The van der Waals surface area contributed by atoms with Gasteiger partial charge >= 0.3 is 0 Å². The molecule has 10 nitrogen and oxygen atoms in total. The number of aliphatic hydroxyl groups excluding tert-OH is 1. The predicted molar refractivity (Wildman–Crippen MR) is 132 cm³/mol. The van der Waals surface area contributed by atoms with Gasteiger partial charge in [0.25, 0.3) is 5.56 Å². The van der Waals surface area contributed by atoms with Gasteiger partial charge in [-0.25, -0.2) is 8.42 Å². The summed E-state index contributed by atoms with van der Waals surface area (Å²) in [5, 5.41) is 29.1. The van der Waals surface area contributed by atoms with Gasteiger partial charge in [-0.15, -0.1) is 0 Å². The van der Waals surface area contributed by atoms with Crippen LogP contribution in [0, 0.1) is 17.2 Å². The number of pyridine rings is 1. The molecule has 0 bridgehead atoms. The maximum Gasteiger partial charge on any atom is 0.261 e.